The fraction of sp³-hybridized carbons (Fsp3) is 0.0909. The minimum Gasteiger partial charge on any atom is -0.493 e. The first-order valence-electron chi connectivity index (χ1n) is 9.09. The van der Waals surface area contributed by atoms with Crippen LogP contribution in [0, 0.1) is 13.7 Å². The minimum absolute atomic E-state index is 0.0269. The number of hydrazone groups is 1. The highest BCUT2D eigenvalue weighted by Gasteiger charge is 2.08. The number of carbonyl (C=O) groups is 1. The number of hydrogen-bond acceptors (Lipinski definition) is 6. The van der Waals surface area contributed by atoms with E-state index in [0.717, 1.165) is 9.13 Å². The second-order valence-electron chi connectivity index (χ2n) is 6.33. The summed E-state index contributed by atoms with van der Waals surface area (Å²) < 4.78 is 12.2. The van der Waals surface area contributed by atoms with Crippen LogP contribution in [0.3, 0.4) is 0 Å². The first-order valence-corrected chi connectivity index (χ1v) is 10.2. The van der Waals surface area contributed by atoms with Crippen LogP contribution in [-0.4, -0.2) is 24.2 Å². The molecule has 31 heavy (non-hydrogen) atoms. The molecule has 158 valence electrons. The Hall–Kier alpha value is -3.47. The average molecular weight is 531 g/mol. The first kappa shape index (κ1) is 22.2. The number of amides is 1. The van der Waals surface area contributed by atoms with Gasteiger partial charge in [-0.1, -0.05) is 0 Å². The van der Waals surface area contributed by atoms with E-state index in [2.05, 4.69) is 33.1 Å². The van der Waals surface area contributed by atoms with Crippen LogP contribution in [0.15, 0.2) is 71.8 Å². The lowest BCUT2D eigenvalue weighted by molar-refractivity contribution is -0.384. The molecule has 0 radical (unpaired) electrons. The van der Waals surface area contributed by atoms with Gasteiger partial charge in [-0.25, -0.2) is 5.43 Å². The van der Waals surface area contributed by atoms with Gasteiger partial charge in [-0.2, -0.15) is 5.10 Å². The number of nitro groups is 1. The summed E-state index contributed by atoms with van der Waals surface area (Å²) in [5.74, 6) is 0.707. The molecule has 0 fully saturated rings. The Morgan fingerprint density at radius 2 is 1.81 bits per heavy atom. The maximum atomic E-state index is 12.1. The third-order valence-electron chi connectivity index (χ3n) is 4.22. The molecule has 3 rings (SSSR count). The number of nitro benzene ring substituents is 1. The number of non-ortho nitro benzene ring substituents is 1. The van der Waals surface area contributed by atoms with Crippen LogP contribution in [-0.2, 0) is 6.61 Å². The molecule has 3 aromatic carbocycles. The quantitative estimate of drug-likeness (QED) is 0.199. The van der Waals surface area contributed by atoms with Crippen LogP contribution in [0.2, 0.25) is 0 Å². The zero-order valence-corrected chi connectivity index (χ0v) is 18.6. The summed E-state index contributed by atoms with van der Waals surface area (Å²) in [6.45, 7) is 0.230. The van der Waals surface area contributed by atoms with Crippen LogP contribution in [0.25, 0.3) is 0 Å². The van der Waals surface area contributed by atoms with Crippen molar-refractivity contribution in [2.75, 3.05) is 7.11 Å². The van der Waals surface area contributed by atoms with E-state index in [4.69, 9.17) is 9.47 Å². The third kappa shape index (κ3) is 6.25. The molecule has 0 atom stereocenters. The standard InChI is InChI=1S/C22H18IN3O5/c1-30-21-12-16(13-24-25-22(27)17-5-7-18(23)8-6-17)4-11-20(21)31-14-15-2-9-19(10-3-15)26(28)29/h2-13H,14H2,1H3,(H,25,27)/b24-13-. The molecule has 0 aliphatic rings. The van der Waals surface area contributed by atoms with Gasteiger partial charge >= 0.3 is 0 Å². The summed E-state index contributed by atoms with van der Waals surface area (Å²) in [6.07, 6.45) is 1.51. The monoisotopic (exact) mass is 531 g/mol. The van der Waals surface area contributed by atoms with Gasteiger partial charge in [-0.05, 0) is 88.3 Å². The van der Waals surface area contributed by atoms with Crippen molar-refractivity contribution < 1.29 is 19.2 Å². The molecular formula is C22H18IN3O5. The lowest BCUT2D eigenvalue weighted by atomic mass is 10.2. The van der Waals surface area contributed by atoms with Crippen LogP contribution in [0.4, 0.5) is 5.69 Å². The lowest BCUT2D eigenvalue weighted by Gasteiger charge is -2.11. The normalized spacial score (nSPS) is 10.6. The van der Waals surface area contributed by atoms with E-state index in [1.807, 2.05) is 12.1 Å². The highest BCUT2D eigenvalue weighted by atomic mass is 127. The van der Waals surface area contributed by atoms with E-state index in [9.17, 15) is 14.9 Å². The molecule has 0 bridgehead atoms. The summed E-state index contributed by atoms with van der Waals surface area (Å²) in [5.41, 5.74) is 4.53. The molecule has 0 unspecified atom stereocenters. The highest BCUT2D eigenvalue weighted by molar-refractivity contribution is 14.1. The van der Waals surface area contributed by atoms with Crippen LogP contribution >= 0.6 is 22.6 Å². The predicted molar refractivity (Wildman–Crippen MR) is 125 cm³/mol. The van der Waals surface area contributed by atoms with Crippen molar-refractivity contribution >= 4 is 40.4 Å². The van der Waals surface area contributed by atoms with Crippen molar-refractivity contribution in [2.45, 2.75) is 6.61 Å². The van der Waals surface area contributed by atoms with E-state index in [0.29, 0.717) is 22.6 Å². The van der Waals surface area contributed by atoms with Crippen LogP contribution in [0.5, 0.6) is 11.5 Å². The van der Waals surface area contributed by atoms with E-state index in [1.54, 1.807) is 42.5 Å². The average Bonchev–Trinajstić information content (AvgIpc) is 2.78. The molecule has 0 saturated heterocycles. The number of halogens is 1. The lowest BCUT2D eigenvalue weighted by Crippen LogP contribution is -2.17. The van der Waals surface area contributed by atoms with Gasteiger partial charge in [-0.15, -0.1) is 0 Å². The maximum absolute atomic E-state index is 12.1. The number of nitrogens with zero attached hydrogens (tertiary/aromatic N) is 2. The van der Waals surface area contributed by atoms with Gasteiger partial charge in [0.2, 0.25) is 0 Å². The molecule has 0 aromatic heterocycles. The molecule has 1 amide bonds. The number of methoxy groups -OCH3 is 1. The molecule has 0 aliphatic heterocycles. The number of rotatable bonds is 8. The van der Waals surface area contributed by atoms with Gasteiger partial charge in [0.1, 0.15) is 6.61 Å². The van der Waals surface area contributed by atoms with Gasteiger partial charge in [0.25, 0.3) is 11.6 Å². The van der Waals surface area contributed by atoms with Gasteiger partial charge in [0.15, 0.2) is 11.5 Å². The minimum atomic E-state index is -0.448. The molecule has 8 nitrogen and oxygen atoms in total. The van der Waals surface area contributed by atoms with Gasteiger partial charge < -0.3 is 9.47 Å². The smallest absolute Gasteiger partial charge is 0.271 e. The topological polar surface area (TPSA) is 103 Å². The summed E-state index contributed by atoms with van der Waals surface area (Å²) in [6, 6.07) is 18.5. The Labute approximate surface area is 192 Å². The Bertz CT molecular complexity index is 1100. The van der Waals surface area contributed by atoms with E-state index >= 15 is 0 Å². The summed E-state index contributed by atoms with van der Waals surface area (Å²) in [4.78, 5) is 22.4. The van der Waals surface area contributed by atoms with E-state index < -0.39 is 4.92 Å². The number of nitrogens with one attached hydrogen (secondary N) is 1. The first-order chi connectivity index (χ1) is 15.0. The second-order valence-corrected chi connectivity index (χ2v) is 7.57. The number of hydrogen-bond donors (Lipinski definition) is 1. The Morgan fingerprint density at radius 3 is 2.45 bits per heavy atom. The van der Waals surface area contributed by atoms with Crippen molar-refractivity contribution in [3.8, 4) is 11.5 Å². The molecule has 0 aliphatic carbocycles. The SMILES string of the molecule is COc1cc(/C=N\NC(=O)c2ccc(I)cc2)ccc1OCc1ccc([N+](=O)[O-])cc1. The fourth-order valence-electron chi connectivity index (χ4n) is 2.59. The van der Waals surface area contributed by atoms with Crippen LogP contribution < -0.4 is 14.9 Å². The molecule has 1 N–H and O–H groups in total. The molecule has 0 heterocycles. The highest BCUT2D eigenvalue weighted by Crippen LogP contribution is 2.28. The number of carbonyl (C=O) groups excluding carboxylic acids is 1. The molecule has 0 saturated carbocycles. The molecule has 0 spiro atoms. The van der Waals surface area contributed by atoms with E-state index in [-0.39, 0.29) is 18.2 Å². The van der Waals surface area contributed by atoms with Crippen molar-refractivity contribution in [1.82, 2.24) is 5.43 Å². The third-order valence-corrected chi connectivity index (χ3v) is 4.93. The molecular weight excluding hydrogens is 513 g/mol. The molecule has 9 heteroatoms. The van der Waals surface area contributed by atoms with Crippen LogP contribution in [0.1, 0.15) is 21.5 Å². The summed E-state index contributed by atoms with van der Waals surface area (Å²) >= 11 is 2.17. The zero-order valence-electron chi connectivity index (χ0n) is 16.4. The van der Waals surface area contributed by atoms with Crippen molar-refractivity contribution in [1.29, 1.82) is 0 Å². The molecule has 3 aromatic rings. The van der Waals surface area contributed by atoms with Gasteiger partial charge in [0, 0.05) is 21.3 Å². The maximum Gasteiger partial charge on any atom is 0.271 e. The zero-order chi connectivity index (χ0) is 22.2. The Balaban J connectivity index is 1.61. The fourth-order valence-corrected chi connectivity index (χ4v) is 2.95. The Morgan fingerprint density at radius 1 is 1.10 bits per heavy atom. The summed E-state index contributed by atoms with van der Waals surface area (Å²) in [5, 5.41) is 14.7. The van der Waals surface area contributed by atoms with Gasteiger partial charge in [-0.3, -0.25) is 14.9 Å². The van der Waals surface area contributed by atoms with E-state index in [1.165, 1.54) is 25.5 Å². The Kier molecular flexibility index (Phi) is 7.55. The van der Waals surface area contributed by atoms with Crippen molar-refractivity contribution in [2.24, 2.45) is 5.10 Å². The summed E-state index contributed by atoms with van der Waals surface area (Å²) in [7, 11) is 1.52. The predicted octanol–water partition coefficient (Wildman–Crippen LogP) is 4.55. The second kappa shape index (κ2) is 10.5. The van der Waals surface area contributed by atoms with Gasteiger partial charge in [0.05, 0.1) is 18.2 Å². The number of benzene rings is 3. The largest absolute Gasteiger partial charge is 0.493 e. The van der Waals surface area contributed by atoms with Crippen molar-refractivity contribution in [3.05, 3.63) is 97.1 Å². The number of ether oxygens (including phenoxy) is 2. The van der Waals surface area contributed by atoms with Crippen molar-refractivity contribution in [3.63, 3.8) is 0 Å².